The fraction of sp³-hybridized carbons (Fsp3) is 0.933. The van der Waals surface area contributed by atoms with Gasteiger partial charge >= 0.3 is 5.97 Å². The predicted molar refractivity (Wildman–Crippen MR) is 151 cm³/mol. The minimum Gasteiger partial charge on any atom is -0.462 e. The van der Waals surface area contributed by atoms with Crippen LogP contribution in [0.5, 0.6) is 0 Å². The lowest BCUT2D eigenvalue weighted by Gasteiger charge is -2.16. The van der Waals surface area contributed by atoms with Gasteiger partial charge in [-0.3, -0.25) is 9.59 Å². The van der Waals surface area contributed by atoms with Crippen LogP contribution in [0.1, 0.15) is 174 Å². The zero-order valence-corrected chi connectivity index (χ0v) is 23.8. The van der Waals surface area contributed by atoms with Gasteiger partial charge in [0, 0.05) is 6.42 Å². The van der Waals surface area contributed by atoms with Crippen molar-refractivity contribution < 1.29 is 14.3 Å². The molecule has 1 unspecified atom stereocenters. The summed E-state index contributed by atoms with van der Waals surface area (Å²) < 4.78 is 5.63. The molecular weight excluding hydrogens is 440 g/mol. The Morgan fingerprint density at radius 3 is 1.29 bits per heavy atom. The summed E-state index contributed by atoms with van der Waals surface area (Å²) in [6.07, 6.45) is 29.5. The highest BCUT2D eigenvalue weighted by Gasteiger charge is 2.16. The van der Waals surface area contributed by atoms with E-state index in [1.165, 1.54) is 116 Å². The van der Waals surface area contributed by atoms with Gasteiger partial charge in [0.05, 0.1) is 6.42 Å². The van der Waals surface area contributed by atoms with E-state index in [4.69, 9.17) is 4.74 Å². The maximum absolute atomic E-state index is 12.2. The van der Waals surface area contributed by atoms with Gasteiger partial charge in [-0.2, -0.15) is 0 Å². The summed E-state index contributed by atoms with van der Waals surface area (Å²) in [5.74, 6) is -0.140. The lowest BCUT2D eigenvalue weighted by molar-refractivity contribution is -0.150. The fourth-order valence-corrected chi connectivity index (χ4v) is 4.82. The van der Waals surface area contributed by atoms with Crippen molar-refractivity contribution in [2.75, 3.05) is 0 Å². The first kappa shape index (κ1) is 33.5. The zero-order valence-electron chi connectivity index (χ0n) is 22.9. The van der Waals surface area contributed by atoms with Gasteiger partial charge in [0.15, 0.2) is 5.12 Å². The topological polar surface area (TPSA) is 43.4 Å². The Balaban J connectivity index is 3.67. The number of esters is 1. The summed E-state index contributed by atoms with van der Waals surface area (Å²) in [6, 6.07) is 0. The number of carbonyl (C=O) groups is 2. The molecule has 0 aliphatic heterocycles. The number of hydrogen-bond donors (Lipinski definition) is 1. The molecule has 1 atom stereocenters. The molecule has 0 radical (unpaired) electrons. The largest absolute Gasteiger partial charge is 0.462 e. The molecule has 0 aliphatic rings. The normalized spacial score (nSPS) is 12.1. The Kier molecular flexibility index (Phi) is 26.7. The van der Waals surface area contributed by atoms with E-state index in [1.54, 1.807) is 0 Å². The van der Waals surface area contributed by atoms with E-state index < -0.39 is 0 Å². The van der Waals surface area contributed by atoms with Gasteiger partial charge in [-0.15, -0.1) is 12.6 Å². The SMILES string of the molecule is CCCCCCCCCCCCCCCC(=O)OC(CCCCCCCCCCC)CC(=O)S. The molecule has 0 saturated carbocycles. The summed E-state index contributed by atoms with van der Waals surface area (Å²) >= 11 is 3.91. The first-order valence-corrected chi connectivity index (χ1v) is 15.5. The number of carbonyl (C=O) groups excluding carboxylic acids is 2. The van der Waals surface area contributed by atoms with Gasteiger partial charge in [-0.25, -0.2) is 0 Å². The first-order chi connectivity index (χ1) is 16.6. The Labute approximate surface area is 218 Å². The van der Waals surface area contributed by atoms with E-state index >= 15 is 0 Å². The summed E-state index contributed by atoms with van der Waals surface area (Å²) in [6.45, 7) is 4.52. The van der Waals surface area contributed by atoms with E-state index in [1.807, 2.05) is 0 Å². The van der Waals surface area contributed by atoms with Crippen LogP contribution in [0.3, 0.4) is 0 Å². The molecule has 0 aromatic carbocycles. The standard InChI is InChI=1S/C30H58O3S/c1-3-5-7-9-11-13-14-15-16-18-20-22-24-26-29(31)33-28(27-30(32)34)25-23-21-19-17-12-10-8-6-4-2/h28H,3-27H2,1-2H3,(H,32,34). The number of ether oxygens (including phenoxy) is 1. The van der Waals surface area contributed by atoms with Gasteiger partial charge in [0.2, 0.25) is 0 Å². The van der Waals surface area contributed by atoms with E-state index in [0.29, 0.717) is 6.42 Å². The van der Waals surface area contributed by atoms with Gasteiger partial charge in [-0.05, 0) is 19.3 Å². The molecule has 4 heteroatoms. The molecule has 0 heterocycles. The molecule has 0 aromatic heterocycles. The summed E-state index contributed by atoms with van der Waals surface area (Å²) in [7, 11) is 0. The molecule has 0 N–H and O–H groups in total. The van der Waals surface area contributed by atoms with Crippen molar-refractivity contribution in [3.05, 3.63) is 0 Å². The van der Waals surface area contributed by atoms with Gasteiger partial charge in [0.1, 0.15) is 6.10 Å². The smallest absolute Gasteiger partial charge is 0.306 e. The minimum atomic E-state index is -0.288. The van der Waals surface area contributed by atoms with Crippen molar-refractivity contribution in [2.24, 2.45) is 0 Å². The van der Waals surface area contributed by atoms with Gasteiger partial charge < -0.3 is 4.74 Å². The van der Waals surface area contributed by atoms with Crippen molar-refractivity contribution in [3.8, 4) is 0 Å². The fourth-order valence-electron chi connectivity index (χ4n) is 4.61. The maximum Gasteiger partial charge on any atom is 0.306 e. The van der Waals surface area contributed by atoms with E-state index in [-0.39, 0.29) is 23.6 Å². The third-order valence-electron chi connectivity index (χ3n) is 6.81. The summed E-state index contributed by atoms with van der Waals surface area (Å²) in [4.78, 5) is 23.7. The van der Waals surface area contributed by atoms with Crippen LogP contribution in [-0.4, -0.2) is 17.2 Å². The highest BCUT2D eigenvalue weighted by molar-refractivity contribution is 7.96. The molecule has 0 saturated heterocycles. The highest BCUT2D eigenvalue weighted by Crippen LogP contribution is 2.17. The Morgan fingerprint density at radius 1 is 0.559 bits per heavy atom. The van der Waals surface area contributed by atoms with Crippen LogP contribution in [0, 0.1) is 0 Å². The molecule has 0 amide bonds. The van der Waals surface area contributed by atoms with Crippen molar-refractivity contribution >= 4 is 23.7 Å². The molecule has 0 bridgehead atoms. The molecule has 0 aromatic rings. The van der Waals surface area contributed by atoms with Crippen LogP contribution in [0.2, 0.25) is 0 Å². The Morgan fingerprint density at radius 2 is 0.912 bits per heavy atom. The van der Waals surface area contributed by atoms with Crippen molar-refractivity contribution in [1.29, 1.82) is 0 Å². The highest BCUT2D eigenvalue weighted by atomic mass is 32.1. The van der Waals surface area contributed by atoms with E-state index in [2.05, 4.69) is 26.5 Å². The lowest BCUT2D eigenvalue weighted by Crippen LogP contribution is -2.20. The third kappa shape index (κ3) is 26.1. The molecule has 0 spiro atoms. The van der Waals surface area contributed by atoms with Crippen LogP contribution >= 0.6 is 12.6 Å². The molecule has 202 valence electrons. The molecule has 34 heavy (non-hydrogen) atoms. The number of thiol groups is 1. The molecule has 3 nitrogen and oxygen atoms in total. The maximum atomic E-state index is 12.2. The summed E-state index contributed by atoms with van der Waals surface area (Å²) in [5, 5.41) is -0.185. The number of hydrogen-bond acceptors (Lipinski definition) is 3. The average Bonchev–Trinajstić information content (AvgIpc) is 2.80. The second-order valence-electron chi connectivity index (χ2n) is 10.3. The minimum absolute atomic E-state index is 0.140. The van der Waals surface area contributed by atoms with Crippen molar-refractivity contribution in [2.45, 2.75) is 180 Å². The third-order valence-corrected chi connectivity index (χ3v) is 7.00. The average molecular weight is 499 g/mol. The lowest BCUT2D eigenvalue weighted by atomic mass is 10.0. The van der Waals surface area contributed by atoms with Crippen LogP contribution in [0.25, 0.3) is 0 Å². The zero-order chi connectivity index (χ0) is 25.1. The second-order valence-corrected chi connectivity index (χ2v) is 10.8. The Bertz CT molecular complexity index is 452. The van der Waals surface area contributed by atoms with Crippen LogP contribution in [0.15, 0.2) is 0 Å². The van der Waals surface area contributed by atoms with Crippen LogP contribution in [-0.2, 0) is 14.3 Å². The number of unbranched alkanes of at least 4 members (excludes halogenated alkanes) is 20. The van der Waals surface area contributed by atoms with Crippen LogP contribution in [0.4, 0.5) is 0 Å². The van der Waals surface area contributed by atoms with Crippen molar-refractivity contribution in [3.63, 3.8) is 0 Å². The monoisotopic (exact) mass is 498 g/mol. The molecule has 0 fully saturated rings. The quantitative estimate of drug-likeness (QED) is 0.0695. The van der Waals surface area contributed by atoms with E-state index in [9.17, 15) is 9.59 Å². The summed E-state index contributed by atoms with van der Waals surface area (Å²) in [5.41, 5.74) is 0. The molecular formula is C30H58O3S. The van der Waals surface area contributed by atoms with Gasteiger partial charge in [0.25, 0.3) is 0 Å². The Hall–Kier alpha value is -0.510. The predicted octanol–water partition coefficient (Wildman–Crippen LogP) is 10.1. The second kappa shape index (κ2) is 27.1. The van der Waals surface area contributed by atoms with Crippen LogP contribution < -0.4 is 0 Å². The van der Waals surface area contributed by atoms with Crippen molar-refractivity contribution in [1.82, 2.24) is 0 Å². The molecule has 0 aliphatic carbocycles. The first-order valence-electron chi connectivity index (χ1n) is 15.0. The molecule has 0 rings (SSSR count). The van der Waals surface area contributed by atoms with Gasteiger partial charge in [-0.1, -0.05) is 142 Å². The number of rotatable bonds is 27. The van der Waals surface area contributed by atoms with E-state index in [0.717, 1.165) is 32.1 Å².